The first-order chi connectivity index (χ1) is 20.8. The molecule has 3 aliphatic heterocycles. The number of hydrogen-bond acceptors (Lipinski definition) is 12. The Bertz CT molecular complexity index is 1430. The first-order valence-corrected chi connectivity index (χ1v) is 16.4. The average molecular weight is 632 g/mol. The van der Waals surface area contributed by atoms with Crippen molar-refractivity contribution in [2.75, 3.05) is 7.05 Å². The van der Waals surface area contributed by atoms with Crippen molar-refractivity contribution in [3.8, 4) is 0 Å². The second-order valence-corrected chi connectivity index (χ2v) is 16.5. The number of likely N-dealkylation sites (tertiary alicyclic amines) is 1. The van der Waals surface area contributed by atoms with Gasteiger partial charge in [-0.1, -0.05) is 27.7 Å². The normalized spacial score (nSPS) is 63.0. The molecule has 0 bridgehead atoms. The number of likely N-dealkylation sites (N-methyl/N-ethyl adjacent to an activating group) is 1. The van der Waals surface area contributed by atoms with E-state index in [4.69, 9.17) is 18.9 Å². The van der Waals surface area contributed by atoms with Crippen LogP contribution in [-0.2, 0) is 38.1 Å². The number of fused-ring (bicyclic) bond motifs is 9. The number of esters is 3. The number of rotatable bonds is 2. The first kappa shape index (κ1) is 30.2. The number of aliphatic hydroxyl groups excluding tert-OH is 2. The summed E-state index contributed by atoms with van der Waals surface area (Å²) in [6.07, 6.45) is -3.98. The molecule has 8 aliphatic rings. The fourth-order valence-electron chi connectivity index (χ4n) is 13.4. The monoisotopic (exact) mass is 631 g/mol. The molecule has 0 radical (unpaired) electrons. The molecule has 45 heavy (non-hydrogen) atoms. The molecule has 20 atom stereocenters. The van der Waals surface area contributed by atoms with Crippen molar-refractivity contribution in [3.05, 3.63) is 0 Å². The molecule has 248 valence electrons. The minimum absolute atomic E-state index is 0.0659. The molecule has 0 aromatic heterocycles. The molecule has 0 aromatic rings. The molecular formula is C33H45NO11. The third-order valence-electron chi connectivity index (χ3n) is 15.0. The third-order valence-corrected chi connectivity index (χ3v) is 15.0. The fraction of sp³-hybridized carbons (Fsp3) is 0.879. The van der Waals surface area contributed by atoms with Crippen LogP contribution in [0.25, 0.3) is 0 Å². The Balaban J connectivity index is 1.37. The molecule has 5 aliphatic carbocycles. The zero-order valence-corrected chi connectivity index (χ0v) is 27.1. The first-order valence-electron chi connectivity index (χ1n) is 16.4. The summed E-state index contributed by atoms with van der Waals surface area (Å²) in [4.78, 5) is 55.3. The van der Waals surface area contributed by atoms with Crippen LogP contribution in [0.4, 0.5) is 0 Å². The Morgan fingerprint density at radius 3 is 2.22 bits per heavy atom. The van der Waals surface area contributed by atoms with Gasteiger partial charge < -0.3 is 34.3 Å². The minimum Gasteiger partial charge on any atom is -0.458 e. The van der Waals surface area contributed by atoms with E-state index >= 15 is 0 Å². The molecule has 3 saturated heterocycles. The largest absolute Gasteiger partial charge is 0.458 e. The van der Waals surface area contributed by atoms with E-state index in [-0.39, 0.29) is 30.0 Å². The summed E-state index contributed by atoms with van der Waals surface area (Å²) in [6, 6.07) is -0.311. The number of Topliss-reactive ketones (excluding diaryl/α,β-unsaturated/α-hetero) is 1. The molecule has 12 nitrogen and oxygen atoms in total. The van der Waals surface area contributed by atoms with Gasteiger partial charge >= 0.3 is 17.9 Å². The molecule has 3 unspecified atom stereocenters. The highest BCUT2D eigenvalue weighted by Crippen LogP contribution is 2.81. The Kier molecular flexibility index (Phi) is 5.69. The lowest BCUT2D eigenvalue weighted by Crippen LogP contribution is -2.72. The predicted octanol–water partition coefficient (Wildman–Crippen LogP) is 0.427. The van der Waals surface area contributed by atoms with Crippen molar-refractivity contribution in [3.63, 3.8) is 0 Å². The number of ketones is 1. The van der Waals surface area contributed by atoms with Crippen LogP contribution in [-0.4, -0.2) is 105 Å². The van der Waals surface area contributed by atoms with Gasteiger partial charge in [-0.3, -0.25) is 19.3 Å². The molecule has 12 heteroatoms. The molecule has 3 heterocycles. The van der Waals surface area contributed by atoms with Crippen LogP contribution < -0.4 is 0 Å². The van der Waals surface area contributed by atoms with Crippen molar-refractivity contribution in [2.45, 2.75) is 115 Å². The van der Waals surface area contributed by atoms with Gasteiger partial charge in [0, 0.05) is 48.9 Å². The van der Waals surface area contributed by atoms with Gasteiger partial charge in [-0.25, -0.2) is 4.79 Å². The van der Waals surface area contributed by atoms with Gasteiger partial charge in [-0.15, -0.1) is 0 Å². The molecule has 1 spiro atoms. The lowest BCUT2D eigenvalue weighted by Gasteiger charge is -2.64. The van der Waals surface area contributed by atoms with E-state index in [0.29, 0.717) is 12.8 Å². The second kappa shape index (κ2) is 8.47. The lowest BCUT2D eigenvalue weighted by molar-refractivity contribution is -0.260. The minimum atomic E-state index is -1.98. The molecule has 0 aromatic carbocycles. The average Bonchev–Trinajstić information content (AvgIpc) is 3.79. The van der Waals surface area contributed by atoms with Crippen LogP contribution in [0.1, 0.15) is 61.3 Å². The number of aliphatic hydroxyl groups is 3. The van der Waals surface area contributed by atoms with Crippen molar-refractivity contribution >= 4 is 23.7 Å². The number of ether oxygens (including phenoxy) is 4. The summed E-state index contributed by atoms with van der Waals surface area (Å²) in [7, 11) is 1.84. The van der Waals surface area contributed by atoms with E-state index in [1.54, 1.807) is 6.92 Å². The maximum atomic E-state index is 14.2. The molecule has 8 fully saturated rings. The number of carbonyl (C=O) groups excluding carboxylic acids is 4. The summed E-state index contributed by atoms with van der Waals surface area (Å²) in [5, 5.41) is 36.7. The Hall–Kier alpha value is -2.12. The van der Waals surface area contributed by atoms with Gasteiger partial charge in [0.05, 0.1) is 29.8 Å². The predicted molar refractivity (Wildman–Crippen MR) is 151 cm³/mol. The van der Waals surface area contributed by atoms with E-state index in [1.165, 1.54) is 20.8 Å². The van der Waals surface area contributed by atoms with Crippen LogP contribution in [0.2, 0.25) is 0 Å². The Labute approximate surface area is 262 Å². The smallest absolute Gasteiger partial charge is 0.340 e. The van der Waals surface area contributed by atoms with Gasteiger partial charge in [-0.2, -0.15) is 0 Å². The van der Waals surface area contributed by atoms with Gasteiger partial charge in [0.25, 0.3) is 0 Å². The van der Waals surface area contributed by atoms with Gasteiger partial charge in [-0.05, 0) is 44.1 Å². The van der Waals surface area contributed by atoms with E-state index in [9.17, 15) is 34.5 Å². The molecule has 5 saturated carbocycles. The highest BCUT2D eigenvalue weighted by Gasteiger charge is 2.93. The standard InChI is InChI=1S/C33H45NO11/c1-11-18-21(31(6)32(7,41)28(40)45-33(31)26(11)34(33)8)24(39)19-17-20(25(42-12(2)35)27(30(18,19)5)43-13(3)36)29(4)10-16-15(44-16)9-14(29)22(37)23(17)38/h11,14-21,23-27,38-39,41H,9-10H2,1-8H3/t11-,14+,15-,16+,17?,18-,19+,20?,21-,23+,24+,25-,26+,27-,29-,30+,31-,32+,33-,34?/m0/s1. The summed E-state index contributed by atoms with van der Waals surface area (Å²) in [5.41, 5.74) is -6.38. The second-order valence-electron chi connectivity index (χ2n) is 16.5. The van der Waals surface area contributed by atoms with Gasteiger partial charge in [0.2, 0.25) is 0 Å². The van der Waals surface area contributed by atoms with E-state index in [1.807, 2.05) is 32.7 Å². The van der Waals surface area contributed by atoms with Crippen molar-refractivity contribution < 1.29 is 53.4 Å². The highest BCUT2D eigenvalue weighted by atomic mass is 16.6. The summed E-state index contributed by atoms with van der Waals surface area (Å²) in [5.74, 6) is -6.66. The SMILES string of the molecule is CC(=O)O[C@H]1C2C([C@@H]3[C@@H](O)[C@@H]4[C@H]([C@H](C)[C@H]5N(C)[C@]56OC(=O)[C@@](C)(O)[C@]46C)[C@@]3(C)[C@H]1OC(C)=O)[C@@H](O)C(=O)[C@H]1C[C@@H]3O[C@@H]3C[C@]21C. The number of carbonyl (C=O) groups is 4. The van der Waals surface area contributed by atoms with E-state index in [0.717, 1.165) is 0 Å². The lowest BCUT2D eigenvalue weighted by atomic mass is 9.41. The highest BCUT2D eigenvalue weighted by molar-refractivity contribution is 5.88. The van der Waals surface area contributed by atoms with E-state index < -0.39 is 105 Å². The van der Waals surface area contributed by atoms with Crippen LogP contribution in [0.15, 0.2) is 0 Å². The summed E-state index contributed by atoms with van der Waals surface area (Å²) < 4.78 is 24.3. The molecular weight excluding hydrogens is 586 g/mol. The molecule has 8 rings (SSSR count). The maximum absolute atomic E-state index is 14.2. The van der Waals surface area contributed by atoms with Crippen molar-refractivity contribution in [2.24, 2.45) is 57.7 Å². The van der Waals surface area contributed by atoms with E-state index in [2.05, 4.69) is 0 Å². The Morgan fingerprint density at radius 1 is 0.956 bits per heavy atom. The van der Waals surface area contributed by atoms with Crippen LogP contribution in [0.5, 0.6) is 0 Å². The van der Waals surface area contributed by atoms with Gasteiger partial charge in [0.15, 0.2) is 17.1 Å². The van der Waals surface area contributed by atoms with Gasteiger partial charge in [0.1, 0.15) is 18.3 Å². The Morgan fingerprint density at radius 2 is 1.60 bits per heavy atom. The topological polar surface area (TPSA) is 172 Å². The quantitative estimate of drug-likeness (QED) is 0.218. The van der Waals surface area contributed by atoms with Crippen molar-refractivity contribution in [1.29, 1.82) is 0 Å². The molecule has 0 amide bonds. The zero-order valence-electron chi connectivity index (χ0n) is 27.1. The third kappa shape index (κ3) is 3.05. The summed E-state index contributed by atoms with van der Waals surface area (Å²) in [6.45, 7) is 11.7. The van der Waals surface area contributed by atoms with Crippen LogP contribution >= 0.6 is 0 Å². The van der Waals surface area contributed by atoms with Crippen LogP contribution in [0.3, 0.4) is 0 Å². The fourth-order valence-corrected chi connectivity index (χ4v) is 13.4. The zero-order chi connectivity index (χ0) is 32.7. The van der Waals surface area contributed by atoms with Crippen molar-refractivity contribution in [1.82, 2.24) is 4.90 Å². The summed E-state index contributed by atoms with van der Waals surface area (Å²) >= 11 is 0. The maximum Gasteiger partial charge on any atom is 0.340 e. The van der Waals surface area contributed by atoms with Crippen LogP contribution in [0, 0.1) is 57.7 Å². The number of hydrogen-bond donors (Lipinski definition) is 3. The number of nitrogens with zero attached hydrogens (tertiary/aromatic N) is 1. The number of epoxide rings is 1. The molecule has 3 N–H and O–H groups in total.